The summed E-state index contributed by atoms with van der Waals surface area (Å²) in [6.45, 7) is 3.54. The lowest BCUT2D eigenvalue weighted by molar-refractivity contribution is -0.112. The number of amides is 1. The summed E-state index contributed by atoms with van der Waals surface area (Å²) in [7, 11) is 0. The number of nitriles is 1. The molecule has 0 atom stereocenters. The van der Waals surface area contributed by atoms with Crippen molar-refractivity contribution in [3.8, 4) is 17.6 Å². The van der Waals surface area contributed by atoms with Gasteiger partial charge in [-0.15, -0.1) is 11.3 Å². The van der Waals surface area contributed by atoms with Crippen LogP contribution in [0.5, 0.6) is 11.5 Å². The number of fused-ring (bicyclic) bond motifs is 1. The molecule has 0 saturated carbocycles. The Balaban J connectivity index is 1.83. The number of benzene rings is 1. The summed E-state index contributed by atoms with van der Waals surface area (Å²) in [5.74, 6) is -0.243. The number of ether oxygens (including phenoxy) is 3. The van der Waals surface area contributed by atoms with Crippen LogP contribution in [-0.2, 0) is 9.53 Å². The Morgan fingerprint density at radius 3 is 2.75 bits per heavy atom. The van der Waals surface area contributed by atoms with Gasteiger partial charge in [0, 0.05) is 6.07 Å². The lowest BCUT2D eigenvalue weighted by atomic mass is 10.1. The summed E-state index contributed by atoms with van der Waals surface area (Å²) in [5.41, 5.74) is 0.478. The molecule has 0 radical (unpaired) electrons. The van der Waals surface area contributed by atoms with Crippen LogP contribution < -0.4 is 14.8 Å². The van der Waals surface area contributed by atoms with Gasteiger partial charge in [-0.3, -0.25) is 4.79 Å². The van der Waals surface area contributed by atoms with Gasteiger partial charge in [0.05, 0.1) is 16.7 Å². The van der Waals surface area contributed by atoms with E-state index in [4.69, 9.17) is 25.8 Å². The summed E-state index contributed by atoms with van der Waals surface area (Å²) in [6.07, 6.45) is 1.05. The summed E-state index contributed by atoms with van der Waals surface area (Å²) in [5, 5.41) is 14.2. The summed E-state index contributed by atoms with van der Waals surface area (Å²) < 4.78 is 15.7. The van der Waals surface area contributed by atoms with Crippen LogP contribution in [0.1, 0.15) is 29.8 Å². The van der Waals surface area contributed by atoms with Crippen molar-refractivity contribution in [1.29, 1.82) is 5.26 Å². The van der Waals surface area contributed by atoms with E-state index in [0.29, 0.717) is 27.1 Å². The normalized spacial score (nSPS) is 12.6. The lowest BCUT2D eigenvalue weighted by Gasteiger charge is -2.09. The van der Waals surface area contributed by atoms with Crippen LogP contribution in [0.25, 0.3) is 6.08 Å². The second kappa shape index (κ2) is 8.33. The Morgan fingerprint density at radius 2 is 2.07 bits per heavy atom. The van der Waals surface area contributed by atoms with E-state index < -0.39 is 11.9 Å². The van der Waals surface area contributed by atoms with Crippen LogP contribution >= 0.6 is 22.9 Å². The average Bonchev–Trinajstić information content (AvgIpc) is 3.27. The number of esters is 1. The van der Waals surface area contributed by atoms with Crippen LogP contribution in [0.4, 0.5) is 5.00 Å². The number of halogens is 1. The molecule has 28 heavy (non-hydrogen) atoms. The van der Waals surface area contributed by atoms with Crippen LogP contribution in [0.15, 0.2) is 29.2 Å². The molecule has 2 aromatic rings. The number of hydrogen-bond acceptors (Lipinski definition) is 7. The molecule has 2 heterocycles. The van der Waals surface area contributed by atoms with Gasteiger partial charge in [0.1, 0.15) is 16.6 Å². The van der Waals surface area contributed by atoms with Gasteiger partial charge in [0.15, 0.2) is 11.5 Å². The van der Waals surface area contributed by atoms with Gasteiger partial charge >= 0.3 is 5.97 Å². The molecule has 1 aromatic heterocycles. The quantitative estimate of drug-likeness (QED) is 0.443. The number of anilines is 1. The average molecular weight is 419 g/mol. The molecular formula is C19H15ClN2O5S. The van der Waals surface area contributed by atoms with Crippen molar-refractivity contribution in [2.24, 2.45) is 0 Å². The first-order chi connectivity index (χ1) is 13.4. The maximum atomic E-state index is 12.5. The van der Waals surface area contributed by atoms with Gasteiger partial charge in [-0.2, -0.15) is 5.26 Å². The molecule has 0 unspecified atom stereocenters. The molecule has 1 amide bonds. The van der Waals surface area contributed by atoms with Crippen LogP contribution in [0.2, 0.25) is 5.02 Å². The van der Waals surface area contributed by atoms with Crippen LogP contribution in [-0.4, -0.2) is 24.8 Å². The highest BCUT2D eigenvalue weighted by atomic mass is 35.5. The molecule has 1 aromatic carbocycles. The minimum Gasteiger partial charge on any atom is -0.459 e. The molecule has 0 saturated heterocycles. The number of nitrogens with one attached hydrogen (secondary N) is 1. The molecule has 0 spiro atoms. The first-order valence-corrected chi connectivity index (χ1v) is 9.45. The SMILES string of the molecule is CC(C)OC(=O)c1ccsc1NC(=O)/C(C#N)=C/c1cc2c(cc1Cl)OCO2. The van der Waals surface area contributed by atoms with E-state index in [2.05, 4.69) is 5.32 Å². The number of nitrogens with zero attached hydrogens (tertiary/aromatic N) is 1. The fourth-order valence-corrected chi connectivity index (χ4v) is 3.34. The number of carbonyl (C=O) groups excluding carboxylic acids is 2. The molecule has 1 N–H and O–H groups in total. The largest absolute Gasteiger partial charge is 0.459 e. The Kier molecular flexibility index (Phi) is 5.87. The second-order valence-corrected chi connectivity index (χ2v) is 7.29. The number of rotatable bonds is 5. The van der Waals surface area contributed by atoms with Crippen molar-refractivity contribution < 1.29 is 23.8 Å². The highest BCUT2D eigenvalue weighted by Crippen LogP contribution is 2.37. The van der Waals surface area contributed by atoms with E-state index in [1.54, 1.807) is 37.4 Å². The van der Waals surface area contributed by atoms with E-state index in [9.17, 15) is 14.9 Å². The van der Waals surface area contributed by atoms with Gasteiger partial charge in [0.25, 0.3) is 5.91 Å². The monoisotopic (exact) mass is 418 g/mol. The van der Waals surface area contributed by atoms with Crippen molar-refractivity contribution in [3.63, 3.8) is 0 Å². The molecule has 144 valence electrons. The first-order valence-electron chi connectivity index (χ1n) is 8.19. The lowest BCUT2D eigenvalue weighted by Crippen LogP contribution is -2.17. The van der Waals surface area contributed by atoms with Crippen molar-refractivity contribution >= 4 is 45.9 Å². The zero-order valence-corrected chi connectivity index (χ0v) is 16.5. The topological polar surface area (TPSA) is 97.7 Å². The van der Waals surface area contributed by atoms with E-state index in [-0.39, 0.29) is 24.0 Å². The third-order valence-corrected chi connectivity index (χ3v) is 4.77. The molecule has 9 heteroatoms. The highest BCUT2D eigenvalue weighted by Gasteiger charge is 2.20. The van der Waals surface area contributed by atoms with E-state index in [1.807, 2.05) is 6.07 Å². The van der Waals surface area contributed by atoms with E-state index in [1.165, 1.54) is 6.08 Å². The van der Waals surface area contributed by atoms with Crippen molar-refractivity contribution in [3.05, 3.63) is 45.3 Å². The van der Waals surface area contributed by atoms with Gasteiger partial charge in [-0.25, -0.2) is 4.79 Å². The number of thiophene rings is 1. The Morgan fingerprint density at radius 1 is 1.36 bits per heavy atom. The first kappa shape index (κ1) is 19.7. The van der Waals surface area contributed by atoms with Gasteiger partial charge in [0.2, 0.25) is 6.79 Å². The fraction of sp³-hybridized carbons (Fsp3) is 0.211. The van der Waals surface area contributed by atoms with Gasteiger partial charge in [-0.1, -0.05) is 11.6 Å². The van der Waals surface area contributed by atoms with E-state index >= 15 is 0 Å². The van der Waals surface area contributed by atoms with Crippen molar-refractivity contribution in [1.82, 2.24) is 0 Å². The summed E-state index contributed by atoms with van der Waals surface area (Å²) in [4.78, 5) is 24.7. The Bertz CT molecular complexity index is 1010. The molecular weight excluding hydrogens is 404 g/mol. The molecule has 0 bridgehead atoms. The van der Waals surface area contributed by atoms with Crippen LogP contribution in [0.3, 0.4) is 0 Å². The Hall–Kier alpha value is -3.02. The number of carbonyl (C=O) groups is 2. The van der Waals surface area contributed by atoms with Crippen molar-refractivity contribution in [2.45, 2.75) is 20.0 Å². The predicted octanol–water partition coefficient (Wildman–Crippen LogP) is 4.24. The minimum atomic E-state index is -0.669. The minimum absolute atomic E-state index is 0.0814. The zero-order chi connectivity index (χ0) is 20.3. The Labute approximate surface area is 170 Å². The highest BCUT2D eigenvalue weighted by molar-refractivity contribution is 7.14. The molecule has 1 aliphatic heterocycles. The fourth-order valence-electron chi connectivity index (χ4n) is 2.36. The molecule has 7 nitrogen and oxygen atoms in total. The molecule has 0 aliphatic carbocycles. The predicted molar refractivity (Wildman–Crippen MR) is 105 cm³/mol. The summed E-state index contributed by atoms with van der Waals surface area (Å²) in [6, 6.07) is 6.54. The molecule has 3 rings (SSSR count). The van der Waals surface area contributed by atoms with Crippen molar-refractivity contribution in [2.75, 3.05) is 12.1 Å². The maximum Gasteiger partial charge on any atom is 0.341 e. The van der Waals surface area contributed by atoms with E-state index in [0.717, 1.165) is 11.3 Å². The smallest absolute Gasteiger partial charge is 0.341 e. The van der Waals surface area contributed by atoms with Gasteiger partial charge < -0.3 is 19.5 Å². The second-order valence-electron chi connectivity index (χ2n) is 5.97. The zero-order valence-electron chi connectivity index (χ0n) is 14.9. The van der Waals surface area contributed by atoms with Crippen LogP contribution in [0, 0.1) is 11.3 Å². The molecule has 1 aliphatic rings. The third kappa shape index (κ3) is 4.27. The maximum absolute atomic E-state index is 12.5. The standard InChI is InChI=1S/C19H15ClN2O5S/c1-10(2)27-19(24)13-3-4-28-18(13)22-17(23)12(8-21)5-11-6-15-16(7-14(11)20)26-9-25-15/h3-7,10H,9H2,1-2H3,(H,22,23)/b12-5+. The van der Waals surface area contributed by atoms with Gasteiger partial charge in [-0.05, 0) is 43.0 Å². The molecule has 0 fully saturated rings. The third-order valence-electron chi connectivity index (χ3n) is 3.61. The summed E-state index contributed by atoms with van der Waals surface area (Å²) >= 11 is 7.35. The number of hydrogen-bond donors (Lipinski definition) is 1.